The second-order valence-corrected chi connectivity index (χ2v) is 10.5. The molecular formula is C24H33F3N4O2. The van der Waals surface area contributed by atoms with Crippen LogP contribution in [-0.2, 0) is 4.74 Å². The van der Waals surface area contributed by atoms with E-state index in [1.54, 1.807) is 4.90 Å². The van der Waals surface area contributed by atoms with Crippen molar-refractivity contribution in [1.29, 1.82) is 0 Å². The summed E-state index contributed by atoms with van der Waals surface area (Å²) in [5, 5.41) is 4.81. The number of carbonyl (C=O) groups excluding carboxylic acids is 1. The van der Waals surface area contributed by atoms with E-state index in [2.05, 4.69) is 4.98 Å². The summed E-state index contributed by atoms with van der Waals surface area (Å²) in [5.41, 5.74) is 2.83. The van der Waals surface area contributed by atoms with E-state index in [9.17, 15) is 18.0 Å². The number of fused-ring (bicyclic) bond motifs is 1. The van der Waals surface area contributed by atoms with Crippen molar-refractivity contribution in [1.82, 2.24) is 19.5 Å². The lowest BCUT2D eigenvalue weighted by Gasteiger charge is -2.34. The van der Waals surface area contributed by atoms with Gasteiger partial charge in [-0.25, -0.2) is 14.3 Å². The molecule has 2 aliphatic rings. The highest BCUT2D eigenvalue weighted by molar-refractivity contribution is 5.68. The number of hydrogen-bond donors (Lipinski definition) is 0. The topological polar surface area (TPSA) is 59.7 Å². The molecular weight excluding hydrogens is 433 g/mol. The molecule has 2 aromatic heterocycles. The first-order valence-electron chi connectivity index (χ1n) is 11.8. The highest BCUT2D eigenvalue weighted by Crippen LogP contribution is 2.43. The first-order valence-corrected chi connectivity index (χ1v) is 11.8. The predicted molar refractivity (Wildman–Crippen MR) is 118 cm³/mol. The maximum atomic E-state index is 13.1. The fourth-order valence-electron chi connectivity index (χ4n) is 5.06. The van der Waals surface area contributed by atoms with Crippen LogP contribution in [0.1, 0.15) is 88.2 Å². The van der Waals surface area contributed by atoms with Gasteiger partial charge in [0.2, 0.25) is 0 Å². The van der Waals surface area contributed by atoms with Crippen molar-refractivity contribution in [3.8, 4) is 0 Å². The summed E-state index contributed by atoms with van der Waals surface area (Å²) in [7, 11) is 0. The first kappa shape index (κ1) is 23.8. The number of rotatable bonds is 2. The van der Waals surface area contributed by atoms with E-state index in [0.717, 1.165) is 29.9 Å². The van der Waals surface area contributed by atoms with Crippen LogP contribution in [0.2, 0.25) is 0 Å². The third-order valence-corrected chi connectivity index (χ3v) is 6.70. The Balaban J connectivity index is 1.55. The van der Waals surface area contributed by atoms with Crippen LogP contribution in [-0.4, -0.2) is 50.5 Å². The quantitative estimate of drug-likeness (QED) is 0.546. The van der Waals surface area contributed by atoms with Crippen molar-refractivity contribution in [2.24, 2.45) is 5.92 Å². The Morgan fingerprint density at radius 3 is 2.39 bits per heavy atom. The number of aryl methyl sites for hydroxylation is 1. The van der Waals surface area contributed by atoms with Crippen molar-refractivity contribution < 1.29 is 22.7 Å². The molecule has 0 N–H and O–H groups in total. The number of ether oxygens (including phenoxy) is 1. The largest absolute Gasteiger partial charge is 0.444 e. The molecule has 4 rings (SSSR count). The lowest BCUT2D eigenvalue weighted by molar-refractivity contribution is -0.182. The van der Waals surface area contributed by atoms with E-state index in [1.165, 1.54) is 0 Å². The highest BCUT2D eigenvalue weighted by Gasteiger charge is 2.42. The van der Waals surface area contributed by atoms with Crippen LogP contribution in [0.25, 0.3) is 5.65 Å². The molecule has 0 spiro atoms. The van der Waals surface area contributed by atoms with Crippen LogP contribution in [0.3, 0.4) is 0 Å². The van der Waals surface area contributed by atoms with Crippen molar-refractivity contribution >= 4 is 11.7 Å². The molecule has 2 fully saturated rings. The molecule has 0 aromatic carbocycles. The molecule has 1 aliphatic carbocycles. The van der Waals surface area contributed by atoms with Crippen LogP contribution in [0.15, 0.2) is 12.1 Å². The third kappa shape index (κ3) is 5.44. The molecule has 1 saturated heterocycles. The number of hydrogen-bond acceptors (Lipinski definition) is 4. The lowest BCUT2D eigenvalue weighted by Crippen LogP contribution is -2.42. The maximum Gasteiger partial charge on any atom is 0.410 e. The number of aromatic nitrogens is 3. The summed E-state index contributed by atoms with van der Waals surface area (Å²) in [6, 6.07) is 3.93. The van der Waals surface area contributed by atoms with Gasteiger partial charge in [-0.15, -0.1) is 0 Å². The summed E-state index contributed by atoms with van der Waals surface area (Å²) in [5.74, 6) is -1.10. The summed E-state index contributed by atoms with van der Waals surface area (Å²) >= 11 is 0. The molecule has 0 radical (unpaired) electrons. The average Bonchev–Trinajstić information content (AvgIpc) is 3.15. The van der Waals surface area contributed by atoms with Gasteiger partial charge < -0.3 is 9.64 Å². The monoisotopic (exact) mass is 466 g/mol. The third-order valence-electron chi connectivity index (χ3n) is 6.70. The molecule has 6 nitrogen and oxygen atoms in total. The molecule has 33 heavy (non-hydrogen) atoms. The first-order chi connectivity index (χ1) is 15.4. The Morgan fingerprint density at radius 2 is 1.76 bits per heavy atom. The zero-order valence-corrected chi connectivity index (χ0v) is 19.8. The predicted octanol–water partition coefficient (Wildman–Crippen LogP) is 5.99. The van der Waals surface area contributed by atoms with Gasteiger partial charge in [0.1, 0.15) is 5.60 Å². The van der Waals surface area contributed by atoms with Gasteiger partial charge in [-0.2, -0.15) is 18.3 Å². The summed E-state index contributed by atoms with van der Waals surface area (Å²) in [6.45, 7) is 8.70. The molecule has 1 amide bonds. The van der Waals surface area contributed by atoms with E-state index >= 15 is 0 Å². The number of halogens is 3. The molecule has 0 bridgehead atoms. The number of likely N-dealkylation sites (tertiary alicyclic amines) is 1. The van der Waals surface area contributed by atoms with Crippen molar-refractivity contribution in [3.05, 3.63) is 29.2 Å². The SMILES string of the molecule is Cc1cc([C@@H]2CCCN(C(=O)OC(C)(C)C)C2)n2nc(C3CCC(C(F)(F)F)CC3)cc2n1. The Bertz CT molecular complexity index is 1000. The molecule has 1 aliphatic heterocycles. The summed E-state index contributed by atoms with van der Waals surface area (Å²) in [6.07, 6.45) is -1.38. The molecule has 2 aromatic rings. The van der Waals surface area contributed by atoms with Gasteiger partial charge in [0, 0.05) is 36.7 Å². The summed E-state index contributed by atoms with van der Waals surface area (Å²) < 4.78 is 46.6. The zero-order valence-electron chi connectivity index (χ0n) is 19.8. The van der Waals surface area contributed by atoms with Gasteiger partial charge in [0.05, 0.1) is 17.3 Å². The molecule has 3 heterocycles. The van der Waals surface area contributed by atoms with E-state index in [0.29, 0.717) is 31.6 Å². The van der Waals surface area contributed by atoms with Gasteiger partial charge in [0.25, 0.3) is 0 Å². The fraction of sp³-hybridized carbons (Fsp3) is 0.708. The maximum absolute atomic E-state index is 13.1. The Hall–Kier alpha value is -2.32. The van der Waals surface area contributed by atoms with Crippen LogP contribution in [0.4, 0.5) is 18.0 Å². The number of amides is 1. The molecule has 1 atom stereocenters. The van der Waals surface area contributed by atoms with Crippen LogP contribution in [0, 0.1) is 12.8 Å². The van der Waals surface area contributed by atoms with Gasteiger partial charge in [-0.3, -0.25) is 0 Å². The van der Waals surface area contributed by atoms with E-state index < -0.39 is 17.7 Å². The normalized spacial score (nSPS) is 24.8. The minimum absolute atomic E-state index is 0.0167. The van der Waals surface area contributed by atoms with E-state index in [-0.39, 0.29) is 30.8 Å². The molecule has 0 unspecified atom stereocenters. The lowest BCUT2D eigenvalue weighted by atomic mass is 9.80. The van der Waals surface area contributed by atoms with Gasteiger partial charge in [-0.05, 0) is 72.3 Å². The van der Waals surface area contributed by atoms with Crippen LogP contribution < -0.4 is 0 Å². The molecule has 1 saturated carbocycles. The Labute approximate surface area is 192 Å². The number of alkyl halides is 3. The average molecular weight is 467 g/mol. The second-order valence-electron chi connectivity index (χ2n) is 10.5. The smallest absolute Gasteiger partial charge is 0.410 e. The fourth-order valence-corrected chi connectivity index (χ4v) is 5.06. The van der Waals surface area contributed by atoms with Crippen LogP contribution >= 0.6 is 0 Å². The van der Waals surface area contributed by atoms with Gasteiger partial charge >= 0.3 is 12.3 Å². The number of nitrogens with zero attached hydrogens (tertiary/aromatic N) is 4. The van der Waals surface area contributed by atoms with Gasteiger partial charge in [-0.1, -0.05) is 0 Å². The van der Waals surface area contributed by atoms with Gasteiger partial charge in [0.15, 0.2) is 5.65 Å². The van der Waals surface area contributed by atoms with E-state index in [4.69, 9.17) is 9.84 Å². The van der Waals surface area contributed by atoms with Crippen LogP contribution in [0.5, 0.6) is 0 Å². The Kier molecular flexibility index (Phi) is 6.35. The van der Waals surface area contributed by atoms with Crippen molar-refractivity contribution in [2.45, 2.75) is 89.8 Å². The molecule has 9 heteroatoms. The van der Waals surface area contributed by atoms with Crippen molar-refractivity contribution in [2.75, 3.05) is 13.1 Å². The summed E-state index contributed by atoms with van der Waals surface area (Å²) in [4.78, 5) is 19.0. The molecule has 182 valence electrons. The van der Waals surface area contributed by atoms with E-state index in [1.807, 2.05) is 44.3 Å². The Morgan fingerprint density at radius 1 is 1.06 bits per heavy atom. The number of carbonyl (C=O) groups is 1. The standard InChI is InChI=1S/C24H33F3N4O2/c1-15-12-20(17-6-5-11-30(14-17)22(32)33-23(2,3)4)31-21(28-15)13-19(29-31)16-7-9-18(10-8-16)24(25,26)27/h12-13,16-18H,5-11,14H2,1-4H3/t16?,17-,18?/m1/s1. The zero-order chi connectivity index (χ0) is 24.0. The van der Waals surface area contributed by atoms with Crippen molar-refractivity contribution in [3.63, 3.8) is 0 Å². The number of piperidine rings is 1. The highest BCUT2D eigenvalue weighted by atomic mass is 19.4. The minimum Gasteiger partial charge on any atom is -0.444 e. The minimum atomic E-state index is -4.11. The second kappa shape index (κ2) is 8.80.